The van der Waals surface area contributed by atoms with E-state index in [-0.39, 0.29) is 17.1 Å². The molecule has 160 valence electrons. The molecular weight excluding hydrogens is 384 g/mol. The van der Waals surface area contributed by atoms with E-state index in [4.69, 9.17) is 5.11 Å². The predicted molar refractivity (Wildman–Crippen MR) is 116 cm³/mol. The van der Waals surface area contributed by atoms with Gasteiger partial charge in [0.25, 0.3) is 11.5 Å². The number of rotatable bonds is 9. The molecule has 0 spiro atoms. The molecular formula is C22H28N4O4. The Morgan fingerprint density at radius 2 is 1.87 bits per heavy atom. The molecule has 0 radical (unpaired) electrons. The third-order valence-corrected chi connectivity index (χ3v) is 4.70. The third kappa shape index (κ3) is 5.85. The van der Waals surface area contributed by atoms with Gasteiger partial charge in [-0.3, -0.25) is 14.9 Å². The van der Waals surface area contributed by atoms with E-state index in [1.54, 1.807) is 10.6 Å². The second kappa shape index (κ2) is 10.5. The third-order valence-electron chi connectivity index (χ3n) is 4.70. The van der Waals surface area contributed by atoms with Crippen LogP contribution in [0.4, 0.5) is 5.95 Å². The summed E-state index contributed by atoms with van der Waals surface area (Å²) in [5.74, 6) is -1.17. The summed E-state index contributed by atoms with van der Waals surface area (Å²) in [4.78, 5) is 44.5. The summed E-state index contributed by atoms with van der Waals surface area (Å²) in [5.41, 5.74) is 2.16. The van der Waals surface area contributed by atoms with Crippen LogP contribution in [0.1, 0.15) is 61.3 Å². The van der Waals surface area contributed by atoms with Crippen LogP contribution in [0.3, 0.4) is 0 Å². The molecule has 0 saturated heterocycles. The van der Waals surface area contributed by atoms with Crippen molar-refractivity contribution in [1.29, 1.82) is 0 Å². The summed E-state index contributed by atoms with van der Waals surface area (Å²) in [7, 11) is 0. The maximum atomic E-state index is 13.1. The molecule has 2 rings (SSSR count). The number of nitrogens with one attached hydrogen (secondary N) is 1. The molecule has 0 atom stereocenters. The number of aryl methyl sites for hydroxylation is 1. The first-order valence-electron chi connectivity index (χ1n) is 10.1. The van der Waals surface area contributed by atoms with E-state index in [9.17, 15) is 14.4 Å². The van der Waals surface area contributed by atoms with Gasteiger partial charge in [0, 0.05) is 36.3 Å². The Morgan fingerprint density at radius 1 is 1.20 bits per heavy atom. The lowest BCUT2D eigenvalue weighted by molar-refractivity contribution is -0.131. The van der Waals surface area contributed by atoms with E-state index in [2.05, 4.69) is 29.1 Å². The van der Waals surface area contributed by atoms with Crippen molar-refractivity contribution in [1.82, 2.24) is 14.5 Å². The van der Waals surface area contributed by atoms with Crippen molar-refractivity contribution in [3.05, 3.63) is 57.3 Å². The highest BCUT2D eigenvalue weighted by Gasteiger charge is 2.19. The summed E-state index contributed by atoms with van der Waals surface area (Å²) in [6, 6.07) is 1.66. The number of nitrogens with zero attached hydrogens (tertiary/aromatic N) is 3. The monoisotopic (exact) mass is 412 g/mol. The van der Waals surface area contributed by atoms with Gasteiger partial charge in [-0.05, 0) is 42.9 Å². The zero-order valence-electron chi connectivity index (χ0n) is 17.8. The van der Waals surface area contributed by atoms with E-state index in [0.29, 0.717) is 30.9 Å². The van der Waals surface area contributed by atoms with E-state index < -0.39 is 11.9 Å². The van der Waals surface area contributed by atoms with Gasteiger partial charge < -0.3 is 9.67 Å². The molecule has 0 aliphatic carbocycles. The van der Waals surface area contributed by atoms with Crippen LogP contribution in [0.15, 0.2) is 29.3 Å². The standard InChI is InChI=1S/C22H28N4O4/c1-5-16-11-17(21(30)26(18(16)6-2)10-9-14(3)4)20(29)25-22-23-12-15(13-24-22)7-8-19(27)28/h7-8,11-14H,5-6,9-10H2,1-4H3,(H,27,28)(H,23,24,25,29)/b8-7+. The Morgan fingerprint density at radius 3 is 2.40 bits per heavy atom. The number of hydrogen-bond donors (Lipinski definition) is 2. The Balaban J connectivity index is 2.33. The Hall–Kier alpha value is -3.29. The fraction of sp³-hybridized carbons (Fsp3) is 0.409. The fourth-order valence-electron chi connectivity index (χ4n) is 3.10. The minimum atomic E-state index is -1.08. The average Bonchev–Trinajstić information content (AvgIpc) is 2.71. The zero-order chi connectivity index (χ0) is 22.3. The van der Waals surface area contributed by atoms with Gasteiger partial charge in [-0.25, -0.2) is 14.8 Å². The van der Waals surface area contributed by atoms with Gasteiger partial charge in [-0.2, -0.15) is 0 Å². The van der Waals surface area contributed by atoms with Crippen molar-refractivity contribution in [2.45, 2.75) is 53.5 Å². The minimum Gasteiger partial charge on any atom is -0.478 e. The molecule has 8 heteroatoms. The minimum absolute atomic E-state index is 0.0400. The van der Waals surface area contributed by atoms with E-state index in [1.165, 1.54) is 18.5 Å². The van der Waals surface area contributed by atoms with Gasteiger partial charge in [-0.15, -0.1) is 0 Å². The summed E-state index contributed by atoms with van der Waals surface area (Å²) in [5, 5.41) is 11.2. The average molecular weight is 412 g/mol. The van der Waals surface area contributed by atoms with E-state index >= 15 is 0 Å². The SMILES string of the molecule is CCc1cc(C(=O)Nc2ncc(/C=C/C(=O)O)cn2)c(=O)n(CCC(C)C)c1CC. The first-order valence-corrected chi connectivity index (χ1v) is 10.1. The molecule has 0 bridgehead atoms. The molecule has 0 saturated carbocycles. The molecule has 30 heavy (non-hydrogen) atoms. The van der Waals surface area contributed by atoms with Gasteiger partial charge in [-0.1, -0.05) is 27.7 Å². The smallest absolute Gasteiger partial charge is 0.328 e. The lowest BCUT2D eigenvalue weighted by atomic mass is 10.0. The number of aliphatic carboxylic acids is 1. The molecule has 0 aliphatic heterocycles. The number of carbonyl (C=O) groups is 2. The molecule has 0 aliphatic rings. The van der Waals surface area contributed by atoms with Crippen LogP contribution in [0.2, 0.25) is 0 Å². The first kappa shape index (κ1) is 23.0. The second-order valence-corrected chi connectivity index (χ2v) is 7.34. The maximum Gasteiger partial charge on any atom is 0.328 e. The number of pyridine rings is 1. The summed E-state index contributed by atoms with van der Waals surface area (Å²) in [6.45, 7) is 8.77. The highest BCUT2D eigenvalue weighted by Crippen LogP contribution is 2.14. The van der Waals surface area contributed by atoms with Crippen molar-refractivity contribution in [2.24, 2.45) is 5.92 Å². The molecule has 2 heterocycles. The second-order valence-electron chi connectivity index (χ2n) is 7.34. The lowest BCUT2D eigenvalue weighted by Crippen LogP contribution is -2.33. The van der Waals surface area contributed by atoms with Crippen molar-refractivity contribution < 1.29 is 14.7 Å². The van der Waals surface area contributed by atoms with Crippen molar-refractivity contribution in [3.8, 4) is 0 Å². The summed E-state index contributed by atoms with van der Waals surface area (Å²) < 4.78 is 1.72. The quantitative estimate of drug-likeness (QED) is 0.612. The van der Waals surface area contributed by atoms with Crippen LogP contribution in [-0.2, 0) is 24.2 Å². The zero-order valence-corrected chi connectivity index (χ0v) is 17.8. The molecule has 2 N–H and O–H groups in total. The van der Waals surface area contributed by atoms with E-state index in [0.717, 1.165) is 23.8 Å². The fourth-order valence-corrected chi connectivity index (χ4v) is 3.10. The van der Waals surface area contributed by atoms with Gasteiger partial charge >= 0.3 is 5.97 Å². The van der Waals surface area contributed by atoms with Crippen LogP contribution in [0.25, 0.3) is 6.08 Å². The Bertz CT molecular complexity index is 991. The Kier molecular flexibility index (Phi) is 8.03. The maximum absolute atomic E-state index is 13.1. The molecule has 0 aromatic carbocycles. The molecule has 0 unspecified atom stereocenters. The van der Waals surface area contributed by atoms with Crippen LogP contribution in [0, 0.1) is 5.92 Å². The predicted octanol–water partition coefficient (Wildman–Crippen LogP) is 3.16. The molecule has 1 amide bonds. The van der Waals surface area contributed by atoms with Crippen LogP contribution in [-0.4, -0.2) is 31.5 Å². The van der Waals surface area contributed by atoms with Gasteiger partial charge in [0.2, 0.25) is 5.95 Å². The van der Waals surface area contributed by atoms with Crippen molar-refractivity contribution in [3.63, 3.8) is 0 Å². The topological polar surface area (TPSA) is 114 Å². The highest BCUT2D eigenvalue weighted by atomic mass is 16.4. The number of amides is 1. The molecule has 2 aromatic rings. The number of carboxylic acid groups (broad SMARTS) is 1. The molecule has 8 nitrogen and oxygen atoms in total. The van der Waals surface area contributed by atoms with Crippen LogP contribution < -0.4 is 10.9 Å². The number of carboxylic acids is 1. The van der Waals surface area contributed by atoms with Gasteiger partial charge in [0.15, 0.2) is 0 Å². The number of anilines is 1. The van der Waals surface area contributed by atoms with Gasteiger partial charge in [0.05, 0.1) is 0 Å². The summed E-state index contributed by atoms with van der Waals surface area (Å²) in [6.07, 6.45) is 7.37. The van der Waals surface area contributed by atoms with Crippen LogP contribution >= 0.6 is 0 Å². The largest absolute Gasteiger partial charge is 0.478 e. The number of hydrogen-bond acceptors (Lipinski definition) is 5. The van der Waals surface area contributed by atoms with Crippen molar-refractivity contribution >= 4 is 23.9 Å². The van der Waals surface area contributed by atoms with Gasteiger partial charge in [0.1, 0.15) is 5.56 Å². The van der Waals surface area contributed by atoms with Crippen LogP contribution in [0.5, 0.6) is 0 Å². The summed E-state index contributed by atoms with van der Waals surface area (Å²) >= 11 is 0. The first-order chi connectivity index (χ1) is 14.3. The lowest BCUT2D eigenvalue weighted by Gasteiger charge is -2.18. The van der Waals surface area contributed by atoms with Crippen molar-refractivity contribution in [2.75, 3.05) is 5.32 Å². The Labute approximate surface area is 175 Å². The normalized spacial score (nSPS) is 11.2. The molecule has 2 aromatic heterocycles. The number of aromatic nitrogens is 3. The highest BCUT2D eigenvalue weighted by molar-refractivity contribution is 6.03. The van der Waals surface area contributed by atoms with E-state index in [1.807, 2.05) is 13.8 Å². The number of carbonyl (C=O) groups excluding carboxylic acids is 1. The molecule has 0 fully saturated rings.